The summed E-state index contributed by atoms with van der Waals surface area (Å²) in [4.78, 5) is 8.30. The largest absolute Gasteiger partial charge is 0.396 e. The number of halogens is 2. The van der Waals surface area contributed by atoms with Crippen LogP contribution >= 0.6 is 0 Å². The van der Waals surface area contributed by atoms with Crippen molar-refractivity contribution in [3.05, 3.63) is 53.2 Å². The number of aliphatic hydroxyl groups is 1. The van der Waals surface area contributed by atoms with Gasteiger partial charge in [0.1, 0.15) is 18.4 Å². The van der Waals surface area contributed by atoms with Crippen molar-refractivity contribution in [2.24, 2.45) is 5.16 Å². The molecule has 29 heavy (non-hydrogen) atoms. The molecular weight excluding hydrogens is 376 g/mol. The standard InChI is InChI=1S/C22H23F2N3O2/c1-5-29-27-20-15-9-14(13-8-6-7-12-11(2)10-25-18(12)13)16(23)17(24)19(15)26-22(3,4)21(20)28/h6-10,21,25-26,28H,5H2,1-4H3/b27-20-. The van der Waals surface area contributed by atoms with Crippen molar-refractivity contribution in [3.8, 4) is 11.1 Å². The molecule has 3 N–H and O–H groups in total. The SMILES string of the molecule is CCO/N=C1/c2cc(-c3cccc4c(C)c[nH]c34)c(F)c(F)c2NC(C)(C)C1O. The van der Waals surface area contributed by atoms with E-state index in [4.69, 9.17) is 4.84 Å². The van der Waals surface area contributed by atoms with E-state index in [1.54, 1.807) is 32.9 Å². The van der Waals surface area contributed by atoms with E-state index in [2.05, 4.69) is 15.5 Å². The third kappa shape index (κ3) is 2.97. The van der Waals surface area contributed by atoms with Crippen LogP contribution in [0.2, 0.25) is 0 Å². The third-order valence-electron chi connectivity index (χ3n) is 5.38. The Morgan fingerprint density at radius 1 is 1.17 bits per heavy atom. The summed E-state index contributed by atoms with van der Waals surface area (Å²) < 4.78 is 30.4. The number of aromatic amines is 1. The van der Waals surface area contributed by atoms with Crippen LogP contribution in [0.15, 0.2) is 35.6 Å². The average molecular weight is 399 g/mol. The lowest BCUT2D eigenvalue weighted by Crippen LogP contribution is -2.52. The van der Waals surface area contributed by atoms with Gasteiger partial charge in [-0.2, -0.15) is 0 Å². The molecule has 3 aromatic rings. The van der Waals surface area contributed by atoms with Crippen LogP contribution in [0.25, 0.3) is 22.0 Å². The summed E-state index contributed by atoms with van der Waals surface area (Å²) in [5.74, 6) is -1.97. The number of hydrogen-bond donors (Lipinski definition) is 3. The topological polar surface area (TPSA) is 69.6 Å². The molecule has 2 aromatic carbocycles. The molecule has 5 nitrogen and oxygen atoms in total. The molecule has 0 spiro atoms. The zero-order valence-corrected chi connectivity index (χ0v) is 16.7. The van der Waals surface area contributed by atoms with Gasteiger partial charge in [0.05, 0.1) is 16.7 Å². The molecule has 4 rings (SSSR count). The Hall–Kier alpha value is -2.93. The second-order valence-electron chi connectivity index (χ2n) is 7.82. The maximum Gasteiger partial charge on any atom is 0.183 e. The van der Waals surface area contributed by atoms with Crippen molar-refractivity contribution < 1.29 is 18.7 Å². The van der Waals surface area contributed by atoms with E-state index in [-0.39, 0.29) is 29.1 Å². The van der Waals surface area contributed by atoms with Gasteiger partial charge < -0.3 is 20.2 Å². The molecule has 1 aliphatic rings. The minimum atomic E-state index is -1.07. The highest BCUT2D eigenvalue weighted by Gasteiger charge is 2.41. The Morgan fingerprint density at radius 3 is 2.66 bits per heavy atom. The van der Waals surface area contributed by atoms with Gasteiger partial charge in [0.25, 0.3) is 0 Å². The van der Waals surface area contributed by atoms with Crippen LogP contribution in [-0.2, 0) is 4.84 Å². The number of oxime groups is 1. The fourth-order valence-corrected chi connectivity index (χ4v) is 3.78. The lowest BCUT2D eigenvalue weighted by atomic mass is 9.83. The smallest absolute Gasteiger partial charge is 0.183 e. The molecular formula is C22H23F2N3O2. The fourth-order valence-electron chi connectivity index (χ4n) is 3.78. The number of benzene rings is 2. The number of para-hydroxylation sites is 1. The van der Waals surface area contributed by atoms with Crippen LogP contribution in [0.4, 0.5) is 14.5 Å². The molecule has 0 saturated heterocycles. The minimum Gasteiger partial charge on any atom is -0.396 e. The highest BCUT2D eigenvalue weighted by Crippen LogP contribution is 2.40. The minimum absolute atomic E-state index is 0.0326. The quantitative estimate of drug-likeness (QED) is 0.558. The van der Waals surface area contributed by atoms with Gasteiger partial charge in [-0.3, -0.25) is 0 Å². The van der Waals surface area contributed by atoms with Crippen molar-refractivity contribution in [2.75, 3.05) is 11.9 Å². The highest BCUT2D eigenvalue weighted by atomic mass is 19.2. The van der Waals surface area contributed by atoms with Crippen LogP contribution in [0.3, 0.4) is 0 Å². The molecule has 1 atom stereocenters. The summed E-state index contributed by atoms with van der Waals surface area (Å²) in [7, 11) is 0. The van der Waals surface area contributed by atoms with E-state index in [1.807, 2.05) is 19.2 Å². The van der Waals surface area contributed by atoms with Gasteiger partial charge in [-0.15, -0.1) is 0 Å². The second kappa shape index (κ2) is 6.84. The van der Waals surface area contributed by atoms with Crippen LogP contribution in [0.5, 0.6) is 0 Å². The van der Waals surface area contributed by atoms with Gasteiger partial charge in [-0.25, -0.2) is 8.78 Å². The third-order valence-corrected chi connectivity index (χ3v) is 5.38. The average Bonchev–Trinajstić information content (AvgIpc) is 3.07. The van der Waals surface area contributed by atoms with Crippen molar-refractivity contribution in [2.45, 2.75) is 39.3 Å². The number of aromatic nitrogens is 1. The molecule has 0 aliphatic carbocycles. The van der Waals surface area contributed by atoms with E-state index < -0.39 is 23.3 Å². The zero-order chi connectivity index (χ0) is 20.9. The number of hydrogen-bond acceptors (Lipinski definition) is 4. The summed E-state index contributed by atoms with van der Waals surface area (Å²) in [5.41, 5.74) is 1.81. The van der Waals surface area contributed by atoms with Crippen LogP contribution < -0.4 is 5.32 Å². The molecule has 0 radical (unpaired) electrons. The van der Waals surface area contributed by atoms with E-state index in [9.17, 15) is 5.11 Å². The number of anilines is 1. The van der Waals surface area contributed by atoms with Gasteiger partial charge in [0, 0.05) is 28.3 Å². The Morgan fingerprint density at radius 2 is 1.93 bits per heavy atom. The lowest BCUT2D eigenvalue weighted by molar-refractivity contribution is 0.138. The van der Waals surface area contributed by atoms with Crippen molar-refractivity contribution in [3.63, 3.8) is 0 Å². The van der Waals surface area contributed by atoms with Gasteiger partial charge in [0.2, 0.25) is 0 Å². The van der Waals surface area contributed by atoms with Crippen LogP contribution in [0.1, 0.15) is 31.9 Å². The lowest BCUT2D eigenvalue weighted by Gasteiger charge is -2.39. The van der Waals surface area contributed by atoms with Crippen molar-refractivity contribution >= 4 is 22.3 Å². The van der Waals surface area contributed by atoms with Gasteiger partial charge >= 0.3 is 0 Å². The molecule has 1 aliphatic heterocycles. The first kappa shape index (κ1) is 19.4. The maximum atomic E-state index is 15.2. The maximum absolute atomic E-state index is 15.2. The first-order valence-electron chi connectivity index (χ1n) is 9.51. The molecule has 0 fully saturated rings. The molecule has 152 valence electrons. The summed E-state index contributed by atoms with van der Waals surface area (Å²) >= 11 is 0. The monoisotopic (exact) mass is 399 g/mol. The Bertz CT molecular complexity index is 1130. The first-order valence-corrected chi connectivity index (χ1v) is 9.51. The Kier molecular flexibility index (Phi) is 4.58. The number of H-pyrrole nitrogens is 1. The molecule has 1 unspecified atom stereocenters. The van der Waals surface area contributed by atoms with Crippen LogP contribution in [-0.4, -0.2) is 34.1 Å². The molecule has 0 amide bonds. The van der Waals surface area contributed by atoms with E-state index in [0.717, 1.165) is 16.5 Å². The number of nitrogens with one attached hydrogen (secondary N) is 2. The summed E-state index contributed by atoms with van der Waals surface area (Å²) in [6, 6.07) is 6.98. The van der Waals surface area contributed by atoms with Crippen LogP contribution in [0, 0.1) is 18.6 Å². The van der Waals surface area contributed by atoms with E-state index >= 15 is 8.78 Å². The van der Waals surface area contributed by atoms with Gasteiger partial charge in [-0.1, -0.05) is 23.4 Å². The van der Waals surface area contributed by atoms with Crippen molar-refractivity contribution in [1.29, 1.82) is 0 Å². The molecule has 7 heteroatoms. The Labute approximate surface area is 167 Å². The second-order valence-corrected chi connectivity index (χ2v) is 7.82. The van der Waals surface area contributed by atoms with Gasteiger partial charge in [0.15, 0.2) is 11.6 Å². The van der Waals surface area contributed by atoms with Gasteiger partial charge in [-0.05, 0) is 39.3 Å². The predicted molar refractivity (Wildman–Crippen MR) is 110 cm³/mol. The zero-order valence-electron chi connectivity index (χ0n) is 16.7. The predicted octanol–water partition coefficient (Wildman–Crippen LogP) is 4.73. The summed E-state index contributed by atoms with van der Waals surface area (Å²) in [6.45, 7) is 7.37. The molecule has 1 aromatic heterocycles. The molecule has 2 heterocycles. The summed E-state index contributed by atoms with van der Waals surface area (Å²) in [6.07, 6.45) is 0.763. The number of aliphatic hydroxyl groups excluding tert-OH is 1. The fraction of sp³-hybridized carbons (Fsp3) is 0.318. The number of rotatable bonds is 3. The van der Waals surface area contributed by atoms with Crippen molar-refractivity contribution in [1.82, 2.24) is 4.98 Å². The number of fused-ring (bicyclic) bond motifs is 2. The first-order chi connectivity index (χ1) is 13.8. The highest BCUT2D eigenvalue weighted by molar-refractivity contribution is 6.11. The summed E-state index contributed by atoms with van der Waals surface area (Å²) in [5, 5.41) is 18.6. The van der Waals surface area contributed by atoms with E-state index in [1.165, 1.54) is 6.07 Å². The number of nitrogens with zero attached hydrogens (tertiary/aromatic N) is 1. The molecule has 0 saturated carbocycles. The number of aryl methyl sites for hydroxylation is 1. The van der Waals surface area contributed by atoms with E-state index in [0.29, 0.717) is 5.56 Å². The molecule has 0 bridgehead atoms. The Balaban J connectivity index is 2.00. The normalized spacial score (nSPS) is 19.3.